The zero-order valence-electron chi connectivity index (χ0n) is 11.8. The number of rotatable bonds is 7. The summed E-state index contributed by atoms with van der Waals surface area (Å²) >= 11 is 3.14. The minimum absolute atomic E-state index is 0.0298. The summed E-state index contributed by atoms with van der Waals surface area (Å²) in [6.45, 7) is -1.47. The fourth-order valence-corrected chi connectivity index (χ4v) is 3.60. The van der Waals surface area contributed by atoms with Crippen LogP contribution in [0, 0.1) is 0 Å². The zero-order valence-corrected chi connectivity index (χ0v) is 13.4. The van der Waals surface area contributed by atoms with Gasteiger partial charge in [-0.15, -0.1) is 0 Å². The van der Waals surface area contributed by atoms with E-state index in [1.165, 1.54) is 23.9 Å². The number of benzene rings is 1. The van der Waals surface area contributed by atoms with Gasteiger partial charge >= 0.3 is 6.61 Å². The molecule has 0 saturated carbocycles. The summed E-state index contributed by atoms with van der Waals surface area (Å²) in [6, 6.07) is 6.41. The summed E-state index contributed by atoms with van der Waals surface area (Å²) in [4.78, 5) is 15.9. The summed E-state index contributed by atoms with van der Waals surface area (Å²) in [5, 5.41) is 2.83. The molecule has 1 aromatic rings. The first-order valence-corrected chi connectivity index (χ1v) is 8.71. The van der Waals surface area contributed by atoms with E-state index >= 15 is 0 Å². The van der Waals surface area contributed by atoms with Crippen molar-refractivity contribution >= 4 is 33.8 Å². The van der Waals surface area contributed by atoms with Crippen molar-refractivity contribution in [3.05, 3.63) is 29.8 Å². The molecule has 4 nitrogen and oxygen atoms in total. The number of ether oxygens (including phenoxy) is 1. The van der Waals surface area contributed by atoms with Gasteiger partial charge in [-0.2, -0.15) is 8.78 Å². The van der Waals surface area contributed by atoms with Gasteiger partial charge in [0.15, 0.2) is 0 Å². The smallest absolute Gasteiger partial charge is 0.387 e. The third-order valence-electron chi connectivity index (χ3n) is 2.77. The Kier molecular flexibility index (Phi) is 6.98. The summed E-state index contributed by atoms with van der Waals surface area (Å²) in [5.74, 6) is 1.47. The number of nitrogens with one attached hydrogen (secondary N) is 1. The molecule has 2 rings (SSSR count). The van der Waals surface area contributed by atoms with Crippen molar-refractivity contribution in [3.63, 3.8) is 0 Å². The molecule has 22 heavy (non-hydrogen) atoms. The molecule has 0 fully saturated rings. The Hall–Kier alpha value is -1.28. The number of halogens is 2. The van der Waals surface area contributed by atoms with E-state index in [9.17, 15) is 13.6 Å². The van der Waals surface area contributed by atoms with Crippen LogP contribution in [0.2, 0.25) is 0 Å². The van der Waals surface area contributed by atoms with Crippen LogP contribution < -0.4 is 10.1 Å². The lowest BCUT2D eigenvalue weighted by atomic mass is 10.1. The van der Waals surface area contributed by atoms with E-state index in [1.54, 1.807) is 23.9 Å². The Labute approximate surface area is 136 Å². The quantitative estimate of drug-likeness (QED) is 0.825. The first-order chi connectivity index (χ1) is 10.6. The van der Waals surface area contributed by atoms with Gasteiger partial charge in [0.25, 0.3) is 0 Å². The predicted octanol–water partition coefficient (Wildman–Crippen LogP) is 2.78. The highest BCUT2D eigenvalue weighted by Crippen LogP contribution is 2.21. The largest absolute Gasteiger partial charge is 0.435 e. The summed E-state index contributed by atoms with van der Waals surface area (Å²) in [5.41, 5.74) is 0.949. The van der Waals surface area contributed by atoms with Gasteiger partial charge in [-0.1, -0.05) is 35.7 Å². The number of hydrogen-bond acceptors (Lipinski definition) is 5. The molecule has 120 valence electrons. The lowest BCUT2D eigenvalue weighted by Crippen LogP contribution is -2.27. The Morgan fingerprint density at radius 3 is 2.82 bits per heavy atom. The van der Waals surface area contributed by atoms with Gasteiger partial charge in [-0.25, -0.2) is 0 Å². The van der Waals surface area contributed by atoms with Gasteiger partial charge in [0.05, 0.1) is 12.3 Å². The second-order valence-electron chi connectivity index (χ2n) is 4.41. The molecule has 8 heteroatoms. The highest BCUT2D eigenvalue weighted by Gasteiger charge is 2.10. The maximum atomic E-state index is 12.0. The molecule has 1 amide bonds. The molecule has 0 radical (unpaired) electrons. The second kappa shape index (κ2) is 8.99. The van der Waals surface area contributed by atoms with Crippen LogP contribution in [-0.4, -0.2) is 41.5 Å². The molecule has 0 spiro atoms. The topological polar surface area (TPSA) is 50.7 Å². The average molecular weight is 346 g/mol. The van der Waals surface area contributed by atoms with Gasteiger partial charge in [-0.05, 0) is 24.1 Å². The number of thioether (sulfide) groups is 2. The number of nitrogens with zero attached hydrogens (tertiary/aromatic N) is 1. The number of carbonyl (C=O) groups is 1. The Bertz CT molecular complexity index is 524. The Morgan fingerprint density at radius 2 is 2.18 bits per heavy atom. The van der Waals surface area contributed by atoms with E-state index in [2.05, 4.69) is 15.0 Å². The number of hydrogen-bond donors (Lipinski definition) is 1. The van der Waals surface area contributed by atoms with Gasteiger partial charge in [0.2, 0.25) is 5.91 Å². The normalized spacial score (nSPS) is 14.0. The maximum absolute atomic E-state index is 12.0. The molecule has 0 aliphatic carbocycles. The third kappa shape index (κ3) is 6.23. The predicted molar refractivity (Wildman–Crippen MR) is 87.0 cm³/mol. The van der Waals surface area contributed by atoms with Crippen molar-refractivity contribution in [2.24, 2.45) is 4.99 Å². The van der Waals surface area contributed by atoms with Crippen LogP contribution in [0.25, 0.3) is 0 Å². The maximum Gasteiger partial charge on any atom is 0.387 e. The molecule has 0 aromatic heterocycles. The monoisotopic (exact) mass is 346 g/mol. The lowest BCUT2D eigenvalue weighted by molar-refractivity contribution is -0.118. The first kappa shape index (κ1) is 17.1. The van der Waals surface area contributed by atoms with Gasteiger partial charge in [0, 0.05) is 12.3 Å². The highest BCUT2D eigenvalue weighted by molar-refractivity contribution is 8.39. The van der Waals surface area contributed by atoms with Crippen molar-refractivity contribution in [2.45, 2.75) is 13.0 Å². The molecule has 0 bridgehead atoms. The van der Waals surface area contributed by atoms with E-state index in [0.29, 0.717) is 18.7 Å². The molecule has 1 heterocycles. The van der Waals surface area contributed by atoms with Crippen molar-refractivity contribution in [2.75, 3.05) is 24.6 Å². The lowest BCUT2D eigenvalue weighted by Gasteiger charge is -2.07. The third-order valence-corrected chi connectivity index (χ3v) is 5.02. The van der Waals surface area contributed by atoms with Crippen molar-refractivity contribution in [1.82, 2.24) is 5.32 Å². The number of carbonyl (C=O) groups excluding carboxylic acids is 1. The van der Waals surface area contributed by atoms with Crippen LogP contribution >= 0.6 is 23.5 Å². The van der Waals surface area contributed by atoms with E-state index in [1.807, 2.05) is 0 Å². The summed E-state index contributed by atoms with van der Waals surface area (Å²) in [7, 11) is 0. The SMILES string of the molecule is O=C(CSC1=NCCS1)NCCc1ccc(OC(F)F)cc1. The molecule has 0 atom stereocenters. The molecule has 1 aromatic carbocycles. The summed E-state index contributed by atoms with van der Waals surface area (Å²) in [6.07, 6.45) is 0.640. The number of amides is 1. The van der Waals surface area contributed by atoms with Crippen LogP contribution in [0.5, 0.6) is 5.75 Å². The number of aliphatic imine (C=N–C) groups is 1. The van der Waals surface area contributed by atoms with Crippen molar-refractivity contribution < 1.29 is 18.3 Å². The molecule has 1 aliphatic heterocycles. The van der Waals surface area contributed by atoms with Crippen LogP contribution in [0.15, 0.2) is 29.3 Å². The van der Waals surface area contributed by atoms with Crippen LogP contribution in [0.4, 0.5) is 8.78 Å². The fraction of sp³-hybridized carbons (Fsp3) is 0.429. The molecule has 1 N–H and O–H groups in total. The Balaban J connectivity index is 1.64. The highest BCUT2D eigenvalue weighted by atomic mass is 32.2. The van der Waals surface area contributed by atoms with Crippen LogP contribution in [-0.2, 0) is 11.2 Å². The number of alkyl halides is 2. The van der Waals surface area contributed by atoms with E-state index in [0.717, 1.165) is 22.2 Å². The minimum atomic E-state index is -2.81. The van der Waals surface area contributed by atoms with Crippen molar-refractivity contribution in [1.29, 1.82) is 0 Å². The molecule has 0 saturated heterocycles. The second-order valence-corrected chi connectivity index (χ2v) is 6.71. The Morgan fingerprint density at radius 1 is 1.41 bits per heavy atom. The van der Waals surface area contributed by atoms with Crippen LogP contribution in [0.1, 0.15) is 5.56 Å². The first-order valence-electron chi connectivity index (χ1n) is 6.74. The average Bonchev–Trinajstić information content (AvgIpc) is 3.00. The molecular formula is C14H16F2N2O2S2. The van der Waals surface area contributed by atoms with E-state index < -0.39 is 6.61 Å². The van der Waals surface area contributed by atoms with Gasteiger partial charge in [-0.3, -0.25) is 9.79 Å². The standard InChI is InChI=1S/C14H16F2N2O2S2/c15-13(16)20-11-3-1-10(2-4-11)5-6-17-12(19)9-22-14-18-7-8-21-14/h1-4,13H,5-9H2,(H,17,19). The van der Waals surface area contributed by atoms with Crippen molar-refractivity contribution in [3.8, 4) is 5.75 Å². The fourth-order valence-electron chi connectivity index (χ4n) is 1.76. The molecular weight excluding hydrogens is 330 g/mol. The van der Waals surface area contributed by atoms with Crippen LogP contribution in [0.3, 0.4) is 0 Å². The van der Waals surface area contributed by atoms with E-state index in [4.69, 9.17) is 0 Å². The van der Waals surface area contributed by atoms with E-state index in [-0.39, 0.29) is 11.7 Å². The minimum Gasteiger partial charge on any atom is -0.435 e. The van der Waals surface area contributed by atoms with Gasteiger partial charge in [0.1, 0.15) is 10.1 Å². The molecule has 1 aliphatic rings. The summed E-state index contributed by atoms with van der Waals surface area (Å²) < 4.78 is 29.3. The zero-order chi connectivity index (χ0) is 15.8. The van der Waals surface area contributed by atoms with Gasteiger partial charge < -0.3 is 10.1 Å². The molecule has 0 unspecified atom stereocenters.